The van der Waals surface area contributed by atoms with Gasteiger partial charge in [-0.25, -0.2) is 0 Å². The van der Waals surface area contributed by atoms with Gasteiger partial charge in [-0.05, 0) is 12.8 Å². The molecule has 0 unspecified atom stereocenters. The zero-order valence-electron chi connectivity index (χ0n) is 5.15. The van der Waals surface area contributed by atoms with Crippen molar-refractivity contribution < 1.29 is 13.2 Å². The Morgan fingerprint density at radius 2 is 1.90 bits per heavy atom. The number of hydrogen-bond acceptors (Lipinski definition) is 1. The molecular weight excluding hydrogens is 143 g/mol. The standard InChI is InChI=1S/C6H6F3N/c1-3-4-5(10-2)6(7,8)9/h3-4H,1-2H2/b5-4-. The van der Waals surface area contributed by atoms with Crippen LogP contribution in [0.3, 0.4) is 0 Å². The summed E-state index contributed by atoms with van der Waals surface area (Å²) in [4.78, 5) is 2.76. The van der Waals surface area contributed by atoms with Crippen molar-refractivity contribution in [2.45, 2.75) is 6.18 Å². The molecule has 0 amide bonds. The summed E-state index contributed by atoms with van der Waals surface area (Å²) in [7, 11) is 0. The number of halogens is 3. The summed E-state index contributed by atoms with van der Waals surface area (Å²) < 4.78 is 35.0. The van der Waals surface area contributed by atoms with E-state index in [1.807, 2.05) is 0 Å². The van der Waals surface area contributed by atoms with Crippen molar-refractivity contribution in [3.05, 3.63) is 24.4 Å². The summed E-state index contributed by atoms with van der Waals surface area (Å²) in [5, 5.41) is 0. The summed E-state index contributed by atoms with van der Waals surface area (Å²) >= 11 is 0. The zero-order chi connectivity index (χ0) is 8.20. The minimum absolute atomic E-state index is 0.757. The van der Waals surface area contributed by atoms with Crippen molar-refractivity contribution in [3.8, 4) is 0 Å². The van der Waals surface area contributed by atoms with Crippen molar-refractivity contribution >= 4 is 6.72 Å². The van der Waals surface area contributed by atoms with Crippen LogP contribution >= 0.6 is 0 Å². The summed E-state index contributed by atoms with van der Waals surface area (Å²) in [6.45, 7) is 5.86. The molecule has 0 aromatic rings. The van der Waals surface area contributed by atoms with Gasteiger partial charge in [-0.2, -0.15) is 13.2 Å². The summed E-state index contributed by atoms with van der Waals surface area (Å²) in [6, 6.07) is 0. The van der Waals surface area contributed by atoms with E-state index < -0.39 is 11.9 Å². The molecule has 0 fully saturated rings. The maximum Gasteiger partial charge on any atom is 0.433 e. The van der Waals surface area contributed by atoms with Crippen LogP contribution in [0, 0.1) is 0 Å². The van der Waals surface area contributed by atoms with Gasteiger partial charge in [-0.15, -0.1) is 0 Å². The van der Waals surface area contributed by atoms with Crippen LogP contribution in [0.15, 0.2) is 29.4 Å². The number of hydrogen-bond donors (Lipinski definition) is 0. The largest absolute Gasteiger partial charge is 0.433 e. The lowest BCUT2D eigenvalue weighted by Gasteiger charge is -2.03. The number of nitrogens with zero attached hydrogens (tertiary/aromatic N) is 1. The van der Waals surface area contributed by atoms with Gasteiger partial charge in [-0.1, -0.05) is 12.7 Å². The first kappa shape index (κ1) is 8.94. The summed E-state index contributed by atoms with van der Waals surface area (Å²) in [6.07, 6.45) is -2.65. The highest BCUT2D eigenvalue weighted by molar-refractivity contribution is 5.31. The van der Waals surface area contributed by atoms with E-state index in [0.29, 0.717) is 0 Å². The molecule has 0 rings (SSSR count). The van der Waals surface area contributed by atoms with E-state index in [1.165, 1.54) is 0 Å². The van der Waals surface area contributed by atoms with Gasteiger partial charge >= 0.3 is 6.18 Å². The van der Waals surface area contributed by atoms with Crippen LogP contribution in [0.25, 0.3) is 0 Å². The molecule has 0 saturated carbocycles. The average molecular weight is 149 g/mol. The molecule has 0 bridgehead atoms. The molecule has 56 valence electrons. The molecule has 4 heteroatoms. The monoisotopic (exact) mass is 149 g/mol. The van der Waals surface area contributed by atoms with E-state index in [0.717, 1.165) is 12.2 Å². The molecule has 0 aliphatic carbocycles. The number of alkyl halides is 3. The van der Waals surface area contributed by atoms with Crippen LogP contribution in [-0.4, -0.2) is 12.9 Å². The molecule has 10 heavy (non-hydrogen) atoms. The highest BCUT2D eigenvalue weighted by Crippen LogP contribution is 2.25. The highest BCUT2D eigenvalue weighted by Gasteiger charge is 2.32. The van der Waals surface area contributed by atoms with Crippen molar-refractivity contribution in [2.75, 3.05) is 0 Å². The maximum absolute atomic E-state index is 11.7. The van der Waals surface area contributed by atoms with Crippen LogP contribution in [0.4, 0.5) is 13.2 Å². The first-order chi connectivity index (χ1) is 4.52. The summed E-state index contributed by atoms with van der Waals surface area (Å²) in [5.74, 6) is 0. The van der Waals surface area contributed by atoms with Gasteiger partial charge < -0.3 is 0 Å². The Labute approximate surface area is 56.6 Å². The van der Waals surface area contributed by atoms with Crippen LogP contribution < -0.4 is 0 Å². The van der Waals surface area contributed by atoms with Gasteiger partial charge in [0.2, 0.25) is 0 Å². The predicted molar refractivity (Wildman–Crippen MR) is 33.9 cm³/mol. The summed E-state index contributed by atoms with van der Waals surface area (Å²) in [5.41, 5.74) is -1.03. The molecule has 0 aliphatic heterocycles. The zero-order valence-corrected chi connectivity index (χ0v) is 5.15. The molecule has 0 saturated heterocycles. The predicted octanol–water partition coefficient (Wildman–Crippen LogP) is 2.32. The van der Waals surface area contributed by atoms with E-state index in [4.69, 9.17) is 0 Å². The Balaban J connectivity index is 4.51. The second-order valence-corrected chi connectivity index (χ2v) is 1.44. The first-order valence-corrected chi connectivity index (χ1v) is 2.39. The fraction of sp³-hybridized carbons (Fsp3) is 0.167. The molecular formula is C6H6F3N. The average Bonchev–Trinajstić information content (AvgIpc) is 1.80. The molecule has 1 nitrogen and oxygen atoms in total. The number of aliphatic imine (C=N–C) groups is 1. The topological polar surface area (TPSA) is 12.4 Å². The fourth-order valence-corrected chi connectivity index (χ4v) is 0.348. The maximum atomic E-state index is 11.7. The molecule has 0 aromatic heterocycles. The fourth-order valence-electron chi connectivity index (χ4n) is 0.348. The van der Waals surface area contributed by atoms with Crippen molar-refractivity contribution in [3.63, 3.8) is 0 Å². The molecule has 0 aromatic carbocycles. The lowest BCUT2D eigenvalue weighted by atomic mass is 10.4. The minimum Gasteiger partial charge on any atom is -0.260 e. The molecule has 0 aliphatic rings. The third kappa shape index (κ3) is 2.48. The molecule has 0 atom stereocenters. The third-order valence-electron chi connectivity index (χ3n) is 0.737. The van der Waals surface area contributed by atoms with Crippen molar-refractivity contribution in [1.82, 2.24) is 0 Å². The van der Waals surface area contributed by atoms with E-state index in [2.05, 4.69) is 18.3 Å². The van der Waals surface area contributed by atoms with E-state index >= 15 is 0 Å². The van der Waals surface area contributed by atoms with Gasteiger partial charge in [0, 0.05) is 0 Å². The van der Waals surface area contributed by atoms with E-state index in [1.54, 1.807) is 0 Å². The SMILES string of the molecule is C=C/C=C(\N=C)C(F)(F)F. The van der Waals surface area contributed by atoms with Gasteiger partial charge in [0.25, 0.3) is 0 Å². The first-order valence-electron chi connectivity index (χ1n) is 2.39. The Kier molecular flexibility index (Phi) is 2.86. The molecule has 0 heterocycles. The molecule has 0 N–H and O–H groups in total. The van der Waals surface area contributed by atoms with Crippen LogP contribution in [0.1, 0.15) is 0 Å². The second-order valence-electron chi connectivity index (χ2n) is 1.44. The van der Waals surface area contributed by atoms with E-state index in [9.17, 15) is 13.2 Å². The second kappa shape index (κ2) is 3.20. The van der Waals surface area contributed by atoms with Crippen LogP contribution in [0.2, 0.25) is 0 Å². The minimum atomic E-state index is -4.42. The smallest absolute Gasteiger partial charge is 0.260 e. The normalized spacial score (nSPS) is 12.9. The van der Waals surface area contributed by atoms with Gasteiger partial charge in [-0.3, -0.25) is 4.99 Å². The lowest BCUT2D eigenvalue weighted by molar-refractivity contribution is -0.0921. The van der Waals surface area contributed by atoms with E-state index in [-0.39, 0.29) is 0 Å². The molecule has 0 radical (unpaired) electrons. The Hall–Kier alpha value is -1.06. The van der Waals surface area contributed by atoms with Gasteiger partial charge in [0.1, 0.15) is 5.70 Å². The van der Waals surface area contributed by atoms with Gasteiger partial charge in [0.15, 0.2) is 0 Å². The Morgan fingerprint density at radius 3 is 2.00 bits per heavy atom. The lowest BCUT2D eigenvalue weighted by Crippen LogP contribution is -2.09. The highest BCUT2D eigenvalue weighted by atomic mass is 19.4. The third-order valence-corrected chi connectivity index (χ3v) is 0.737. The van der Waals surface area contributed by atoms with Crippen molar-refractivity contribution in [2.24, 2.45) is 4.99 Å². The van der Waals surface area contributed by atoms with Crippen LogP contribution in [-0.2, 0) is 0 Å². The van der Waals surface area contributed by atoms with Crippen molar-refractivity contribution in [1.29, 1.82) is 0 Å². The number of allylic oxidation sites excluding steroid dienone is 3. The number of rotatable bonds is 2. The Morgan fingerprint density at radius 1 is 1.40 bits per heavy atom. The quantitative estimate of drug-likeness (QED) is 0.422. The molecule has 0 spiro atoms. The van der Waals surface area contributed by atoms with Crippen LogP contribution in [0.5, 0.6) is 0 Å². The van der Waals surface area contributed by atoms with Gasteiger partial charge in [0.05, 0.1) is 0 Å². The Bertz CT molecular complexity index is 166.